The summed E-state index contributed by atoms with van der Waals surface area (Å²) in [7, 11) is 0. The minimum Gasteiger partial charge on any atom is -0.350 e. The first kappa shape index (κ1) is 17.9. The zero-order valence-electron chi connectivity index (χ0n) is 14.5. The maximum Gasteiger partial charge on any atom is 0.267 e. The Morgan fingerprint density at radius 3 is 3.00 bits per heavy atom. The lowest BCUT2D eigenvalue weighted by atomic mass is 10.1. The van der Waals surface area contributed by atoms with Gasteiger partial charge in [0.25, 0.3) is 5.56 Å². The third-order valence-corrected chi connectivity index (χ3v) is 5.77. The van der Waals surface area contributed by atoms with E-state index in [9.17, 15) is 9.59 Å². The minimum absolute atomic E-state index is 0.00754. The maximum atomic E-state index is 12.3. The Bertz CT molecular complexity index is 1000. The molecule has 1 aromatic carbocycles. The number of halogens is 1. The number of para-hydroxylation sites is 1. The van der Waals surface area contributed by atoms with E-state index in [1.54, 1.807) is 11.3 Å². The number of thiazole rings is 1. The lowest BCUT2D eigenvalue weighted by Gasteiger charge is -2.32. The van der Waals surface area contributed by atoms with E-state index in [0.717, 1.165) is 39.4 Å². The van der Waals surface area contributed by atoms with Crippen molar-refractivity contribution in [3.8, 4) is 0 Å². The summed E-state index contributed by atoms with van der Waals surface area (Å²) in [6.07, 6.45) is 1.86. The van der Waals surface area contributed by atoms with Crippen LogP contribution in [-0.2, 0) is 11.3 Å². The van der Waals surface area contributed by atoms with Crippen molar-refractivity contribution in [2.24, 2.45) is 0 Å². The standard InChI is InChI=1S/C18H18ClN5O2S/c19-15-7-8-17(26)24(22-15)11-16(25)20-12-4-3-9-23(10-12)18-21-13-5-1-2-6-14(13)27-18/h1-2,5-8,12H,3-4,9-11H2,(H,20,25). The Hall–Kier alpha value is -2.45. The predicted octanol–water partition coefficient (Wildman–Crippen LogP) is 2.29. The number of rotatable bonds is 4. The smallest absolute Gasteiger partial charge is 0.267 e. The molecule has 0 spiro atoms. The van der Waals surface area contributed by atoms with E-state index < -0.39 is 0 Å². The second-order valence-electron chi connectivity index (χ2n) is 6.47. The van der Waals surface area contributed by atoms with Crippen molar-refractivity contribution in [3.05, 3.63) is 51.9 Å². The SMILES string of the molecule is O=C(Cn1nc(Cl)ccc1=O)NC1CCCN(c2nc3ccccc3s2)C1. The molecule has 4 rings (SSSR count). The van der Waals surface area contributed by atoms with Crippen LogP contribution in [0.2, 0.25) is 5.15 Å². The van der Waals surface area contributed by atoms with Crippen LogP contribution in [0.5, 0.6) is 0 Å². The topological polar surface area (TPSA) is 80.1 Å². The first-order chi connectivity index (χ1) is 13.1. The fraction of sp³-hybridized carbons (Fsp3) is 0.333. The summed E-state index contributed by atoms with van der Waals surface area (Å²) in [5.41, 5.74) is 0.643. The van der Waals surface area contributed by atoms with Gasteiger partial charge in [-0.05, 0) is 31.0 Å². The maximum absolute atomic E-state index is 12.3. The molecule has 3 aromatic rings. The largest absolute Gasteiger partial charge is 0.350 e. The second kappa shape index (κ2) is 7.66. The minimum atomic E-state index is -0.353. The normalized spacial score (nSPS) is 17.2. The summed E-state index contributed by atoms with van der Waals surface area (Å²) < 4.78 is 2.23. The summed E-state index contributed by atoms with van der Waals surface area (Å²) in [5.74, 6) is -0.247. The van der Waals surface area contributed by atoms with E-state index in [-0.39, 0.29) is 29.2 Å². The van der Waals surface area contributed by atoms with Gasteiger partial charge in [-0.1, -0.05) is 35.1 Å². The lowest BCUT2D eigenvalue weighted by molar-refractivity contribution is -0.122. The molecule has 9 heteroatoms. The molecule has 1 amide bonds. The average molecular weight is 404 g/mol. The Labute approximate surface area is 164 Å². The number of hydrogen-bond acceptors (Lipinski definition) is 6. The van der Waals surface area contributed by atoms with E-state index >= 15 is 0 Å². The molecule has 3 heterocycles. The van der Waals surface area contributed by atoms with Crippen LogP contribution in [-0.4, -0.2) is 39.8 Å². The van der Waals surface area contributed by atoms with Gasteiger partial charge in [0.15, 0.2) is 5.13 Å². The van der Waals surface area contributed by atoms with Crippen LogP contribution in [0.4, 0.5) is 5.13 Å². The van der Waals surface area contributed by atoms with Crippen LogP contribution < -0.4 is 15.8 Å². The zero-order valence-corrected chi connectivity index (χ0v) is 16.0. The van der Waals surface area contributed by atoms with Crippen molar-refractivity contribution >= 4 is 44.2 Å². The fourth-order valence-electron chi connectivity index (χ4n) is 3.21. The van der Waals surface area contributed by atoms with Crippen LogP contribution in [0.3, 0.4) is 0 Å². The first-order valence-corrected chi connectivity index (χ1v) is 9.91. The van der Waals surface area contributed by atoms with Crippen LogP contribution in [0, 0.1) is 0 Å². The van der Waals surface area contributed by atoms with Gasteiger partial charge in [-0.3, -0.25) is 9.59 Å². The highest BCUT2D eigenvalue weighted by molar-refractivity contribution is 7.22. The van der Waals surface area contributed by atoms with E-state index in [1.807, 2.05) is 18.2 Å². The molecule has 1 atom stereocenters. The number of fused-ring (bicyclic) bond motifs is 1. The lowest BCUT2D eigenvalue weighted by Crippen LogP contribution is -2.49. The van der Waals surface area contributed by atoms with E-state index in [0.29, 0.717) is 6.54 Å². The highest BCUT2D eigenvalue weighted by Crippen LogP contribution is 2.30. The molecule has 27 heavy (non-hydrogen) atoms. The van der Waals surface area contributed by atoms with Gasteiger partial charge < -0.3 is 10.2 Å². The molecule has 1 unspecified atom stereocenters. The summed E-state index contributed by atoms with van der Waals surface area (Å²) in [6.45, 7) is 1.47. The van der Waals surface area contributed by atoms with E-state index in [4.69, 9.17) is 16.6 Å². The summed E-state index contributed by atoms with van der Waals surface area (Å²) in [5, 5.41) is 8.04. The van der Waals surface area contributed by atoms with Crippen LogP contribution >= 0.6 is 22.9 Å². The van der Waals surface area contributed by atoms with Crippen LogP contribution in [0.25, 0.3) is 10.2 Å². The number of carbonyl (C=O) groups is 1. The number of amides is 1. The van der Waals surface area contributed by atoms with Gasteiger partial charge in [0.2, 0.25) is 5.91 Å². The van der Waals surface area contributed by atoms with Crippen molar-refractivity contribution in [2.45, 2.75) is 25.4 Å². The molecular formula is C18H18ClN5O2S. The number of piperidine rings is 1. The number of benzene rings is 1. The average Bonchev–Trinajstić information content (AvgIpc) is 3.09. The summed E-state index contributed by atoms with van der Waals surface area (Å²) >= 11 is 7.46. The molecule has 140 valence electrons. The van der Waals surface area contributed by atoms with Crippen LogP contribution in [0.1, 0.15) is 12.8 Å². The molecule has 0 radical (unpaired) electrons. The molecule has 0 aliphatic carbocycles. The van der Waals surface area contributed by atoms with E-state index in [2.05, 4.69) is 21.4 Å². The van der Waals surface area contributed by atoms with Gasteiger partial charge in [-0.2, -0.15) is 5.10 Å². The van der Waals surface area contributed by atoms with Gasteiger partial charge >= 0.3 is 0 Å². The van der Waals surface area contributed by atoms with Crippen molar-refractivity contribution in [1.82, 2.24) is 20.1 Å². The molecule has 0 saturated carbocycles. The van der Waals surface area contributed by atoms with E-state index in [1.165, 1.54) is 12.1 Å². The number of aromatic nitrogens is 3. The third kappa shape index (κ3) is 4.12. The molecule has 1 aliphatic heterocycles. The fourth-order valence-corrected chi connectivity index (χ4v) is 4.37. The first-order valence-electron chi connectivity index (χ1n) is 8.72. The third-order valence-electron chi connectivity index (χ3n) is 4.47. The van der Waals surface area contributed by atoms with Crippen molar-refractivity contribution < 1.29 is 4.79 Å². The van der Waals surface area contributed by atoms with Gasteiger partial charge in [0.05, 0.1) is 10.2 Å². The van der Waals surface area contributed by atoms with Gasteiger partial charge in [-0.25, -0.2) is 9.67 Å². The number of hydrogen-bond donors (Lipinski definition) is 1. The quantitative estimate of drug-likeness (QED) is 0.723. The summed E-state index contributed by atoms with van der Waals surface area (Å²) in [6, 6.07) is 10.8. The van der Waals surface area contributed by atoms with Crippen LogP contribution in [0.15, 0.2) is 41.2 Å². The number of anilines is 1. The number of carbonyl (C=O) groups excluding carboxylic acids is 1. The van der Waals surface area contributed by atoms with Gasteiger partial charge in [0, 0.05) is 25.2 Å². The van der Waals surface area contributed by atoms with Crippen molar-refractivity contribution in [2.75, 3.05) is 18.0 Å². The molecule has 7 nitrogen and oxygen atoms in total. The van der Waals surface area contributed by atoms with Gasteiger partial charge in [-0.15, -0.1) is 0 Å². The number of nitrogens with zero attached hydrogens (tertiary/aromatic N) is 4. The number of nitrogens with one attached hydrogen (secondary N) is 1. The zero-order chi connectivity index (χ0) is 18.8. The monoisotopic (exact) mass is 403 g/mol. The Morgan fingerprint density at radius 1 is 1.30 bits per heavy atom. The predicted molar refractivity (Wildman–Crippen MR) is 107 cm³/mol. The molecule has 1 aliphatic rings. The molecule has 2 aromatic heterocycles. The highest BCUT2D eigenvalue weighted by Gasteiger charge is 2.24. The Morgan fingerprint density at radius 2 is 2.15 bits per heavy atom. The molecule has 1 N–H and O–H groups in total. The van der Waals surface area contributed by atoms with Crippen molar-refractivity contribution in [1.29, 1.82) is 0 Å². The second-order valence-corrected chi connectivity index (χ2v) is 7.87. The molecular weight excluding hydrogens is 386 g/mol. The Kier molecular flexibility index (Phi) is 5.09. The molecule has 0 bridgehead atoms. The van der Waals surface area contributed by atoms with Gasteiger partial charge in [0.1, 0.15) is 11.7 Å². The summed E-state index contributed by atoms with van der Waals surface area (Å²) in [4.78, 5) is 31.0. The molecule has 1 saturated heterocycles. The highest BCUT2D eigenvalue weighted by atomic mass is 35.5. The van der Waals surface area contributed by atoms with Crippen molar-refractivity contribution in [3.63, 3.8) is 0 Å². The molecule has 1 fully saturated rings. The Balaban J connectivity index is 1.41.